The summed E-state index contributed by atoms with van der Waals surface area (Å²) in [6, 6.07) is 0. The second-order valence-electron chi connectivity index (χ2n) is 5.75. The van der Waals surface area contributed by atoms with Crippen molar-refractivity contribution in [1.29, 1.82) is 0 Å². The van der Waals surface area contributed by atoms with Gasteiger partial charge in [0.1, 0.15) is 5.78 Å². The number of allylic oxidation sites excluding steroid dienone is 2. The third kappa shape index (κ3) is 1.89. The third-order valence-electron chi connectivity index (χ3n) is 4.53. The van der Waals surface area contributed by atoms with Crippen molar-refractivity contribution in [2.24, 2.45) is 17.3 Å². The van der Waals surface area contributed by atoms with Crippen molar-refractivity contribution in [3.8, 4) is 0 Å². The van der Waals surface area contributed by atoms with Crippen molar-refractivity contribution < 1.29 is 4.79 Å². The van der Waals surface area contributed by atoms with E-state index in [9.17, 15) is 4.79 Å². The van der Waals surface area contributed by atoms with E-state index in [1.165, 1.54) is 19.3 Å². The van der Waals surface area contributed by atoms with Crippen molar-refractivity contribution in [1.82, 2.24) is 0 Å². The Kier molecular flexibility index (Phi) is 2.74. The smallest absolute Gasteiger partial charge is 0.130 e. The highest BCUT2D eigenvalue weighted by Crippen LogP contribution is 2.59. The molecule has 0 aromatic heterocycles. The highest BCUT2D eigenvalue weighted by atomic mass is 16.1. The van der Waals surface area contributed by atoms with Gasteiger partial charge in [0.15, 0.2) is 0 Å². The van der Waals surface area contributed by atoms with Crippen LogP contribution in [0.3, 0.4) is 0 Å². The van der Waals surface area contributed by atoms with Crippen molar-refractivity contribution in [3.05, 3.63) is 11.6 Å². The van der Waals surface area contributed by atoms with Gasteiger partial charge in [-0.15, -0.1) is 0 Å². The maximum atomic E-state index is 10.9. The summed E-state index contributed by atoms with van der Waals surface area (Å²) in [5, 5.41) is 0. The van der Waals surface area contributed by atoms with Crippen molar-refractivity contribution in [2.75, 3.05) is 0 Å². The number of carbonyl (C=O) groups is 1. The zero-order chi connectivity index (χ0) is 11.1. The number of Topliss-reactive ketones (excluding diaryl/α,β-unsaturated/α-hetero) is 1. The number of ketones is 1. The molecule has 0 spiro atoms. The van der Waals surface area contributed by atoms with E-state index in [1.807, 2.05) is 0 Å². The van der Waals surface area contributed by atoms with Gasteiger partial charge in [-0.1, -0.05) is 25.5 Å². The van der Waals surface area contributed by atoms with Crippen LogP contribution in [-0.4, -0.2) is 5.78 Å². The van der Waals surface area contributed by atoms with Gasteiger partial charge in [-0.25, -0.2) is 0 Å². The van der Waals surface area contributed by atoms with Gasteiger partial charge in [-0.3, -0.25) is 0 Å². The fourth-order valence-corrected chi connectivity index (χ4v) is 3.64. The standard InChI is InChI=1S/C14H22O/c1-10(15)5-4-6-13-11(2)12-7-8-14(13,3)9-12/h6,11-12H,4-5,7-9H2,1-3H3. The molecule has 15 heavy (non-hydrogen) atoms. The lowest BCUT2D eigenvalue weighted by Crippen LogP contribution is -2.17. The van der Waals surface area contributed by atoms with E-state index in [4.69, 9.17) is 0 Å². The zero-order valence-electron chi connectivity index (χ0n) is 10.2. The summed E-state index contributed by atoms with van der Waals surface area (Å²) in [5.74, 6) is 2.02. The zero-order valence-corrected chi connectivity index (χ0v) is 10.2. The molecule has 0 heterocycles. The van der Waals surface area contributed by atoms with E-state index in [-0.39, 0.29) is 0 Å². The molecule has 84 valence electrons. The van der Waals surface area contributed by atoms with E-state index in [0.717, 1.165) is 24.7 Å². The number of hydrogen-bond acceptors (Lipinski definition) is 1. The molecule has 0 radical (unpaired) electrons. The lowest BCUT2D eigenvalue weighted by atomic mass is 9.76. The van der Waals surface area contributed by atoms with Crippen molar-refractivity contribution in [3.63, 3.8) is 0 Å². The Balaban J connectivity index is 2.05. The molecule has 3 atom stereocenters. The topological polar surface area (TPSA) is 17.1 Å². The SMILES string of the molecule is CC(=O)CCC=C1C(C)C2CCC1(C)C2. The fraction of sp³-hybridized carbons (Fsp3) is 0.786. The molecule has 0 N–H and O–H groups in total. The van der Waals surface area contributed by atoms with E-state index in [0.29, 0.717) is 11.2 Å². The van der Waals surface area contributed by atoms with Gasteiger partial charge in [0.25, 0.3) is 0 Å². The Morgan fingerprint density at radius 2 is 2.33 bits per heavy atom. The fourth-order valence-electron chi connectivity index (χ4n) is 3.64. The first-order valence-corrected chi connectivity index (χ1v) is 6.23. The summed E-state index contributed by atoms with van der Waals surface area (Å²) in [6.07, 6.45) is 8.22. The molecule has 1 heteroatoms. The summed E-state index contributed by atoms with van der Waals surface area (Å²) in [5.41, 5.74) is 2.14. The van der Waals surface area contributed by atoms with E-state index in [1.54, 1.807) is 12.5 Å². The molecule has 0 amide bonds. The summed E-state index contributed by atoms with van der Waals surface area (Å²) >= 11 is 0. The Morgan fingerprint density at radius 3 is 2.87 bits per heavy atom. The molecule has 0 saturated heterocycles. The Labute approximate surface area is 92.9 Å². The molecule has 0 aliphatic heterocycles. The van der Waals surface area contributed by atoms with E-state index in [2.05, 4.69) is 19.9 Å². The van der Waals surface area contributed by atoms with Crippen LogP contribution in [0.2, 0.25) is 0 Å². The molecule has 2 aliphatic rings. The first kappa shape index (κ1) is 10.9. The predicted molar refractivity (Wildman–Crippen MR) is 62.6 cm³/mol. The molecule has 2 fully saturated rings. The highest BCUT2D eigenvalue weighted by molar-refractivity contribution is 5.75. The van der Waals surface area contributed by atoms with Crippen LogP contribution < -0.4 is 0 Å². The van der Waals surface area contributed by atoms with Gasteiger partial charge in [-0.05, 0) is 49.9 Å². The molecule has 0 aromatic rings. The van der Waals surface area contributed by atoms with Crippen LogP contribution in [0.4, 0.5) is 0 Å². The van der Waals surface area contributed by atoms with E-state index < -0.39 is 0 Å². The van der Waals surface area contributed by atoms with Crippen LogP contribution in [0.15, 0.2) is 11.6 Å². The predicted octanol–water partition coefficient (Wildman–Crippen LogP) is 3.74. The first-order chi connectivity index (χ1) is 7.03. The molecule has 0 aromatic carbocycles. The molecular formula is C14H22O. The summed E-state index contributed by atoms with van der Waals surface area (Å²) in [7, 11) is 0. The molecule has 2 rings (SSSR count). The van der Waals surface area contributed by atoms with Gasteiger partial charge in [0, 0.05) is 6.42 Å². The minimum atomic E-state index is 0.313. The van der Waals surface area contributed by atoms with Crippen LogP contribution in [0.25, 0.3) is 0 Å². The maximum absolute atomic E-state index is 10.9. The number of rotatable bonds is 3. The van der Waals surface area contributed by atoms with Crippen LogP contribution in [0.1, 0.15) is 52.9 Å². The average Bonchev–Trinajstić information content (AvgIpc) is 2.63. The molecule has 2 bridgehead atoms. The maximum Gasteiger partial charge on any atom is 0.130 e. The van der Waals surface area contributed by atoms with Crippen LogP contribution in [0, 0.1) is 17.3 Å². The molecule has 2 saturated carbocycles. The molecule has 3 unspecified atom stereocenters. The van der Waals surface area contributed by atoms with Crippen LogP contribution in [-0.2, 0) is 4.79 Å². The van der Waals surface area contributed by atoms with Gasteiger partial charge in [-0.2, -0.15) is 0 Å². The molecule has 2 aliphatic carbocycles. The summed E-state index contributed by atoms with van der Waals surface area (Å²) < 4.78 is 0. The minimum absolute atomic E-state index is 0.313. The lowest BCUT2D eigenvalue weighted by Gasteiger charge is -2.29. The second kappa shape index (κ2) is 3.77. The van der Waals surface area contributed by atoms with Crippen molar-refractivity contribution in [2.45, 2.75) is 52.9 Å². The van der Waals surface area contributed by atoms with Crippen LogP contribution in [0.5, 0.6) is 0 Å². The number of carbonyl (C=O) groups excluding carboxylic acids is 1. The Bertz CT molecular complexity index is 302. The Hall–Kier alpha value is -0.590. The quantitative estimate of drug-likeness (QED) is 0.643. The largest absolute Gasteiger partial charge is 0.300 e. The summed E-state index contributed by atoms with van der Waals surface area (Å²) in [4.78, 5) is 10.9. The number of fused-ring (bicyclic) bond motifs is 2. The average molecular weight is 206 g/mol. The van der Waals surface area contributed by atoms with Gasteiger partial charge < -0.3 is 4.79 Å². The summed E-state index contributed by atoms with van der Waals surface area (Å²) in [6.45, 7) is 6.47. The second-order valence-corrected chi connectivity index (χ2v) is 5.75. The molecular weight excluding hydrogens is 184 g/mol. The van der Waals surface area contributed by atoms with Gasteiger partial charge in [0.2, 0.25) is 0 Å². The van der Waals surface area contributed by atoms with Gasteiger partial charge >= 0.3 is 0 Å². The van der Waals surface area contributed by atoms with Crippen LogP contribution >= 0.6 is 0 Å². The van der Waals surface area contributed by atoms with E-state index >= 15 is 0 Å². The highest BCUT2D eigenvalue weighted by Gasteiger charge is 2.48. The van der Waals surface area contributed by atoms with Gasteiger partial charge in [0.05, 0.1) is 0 Å². The third-order valence-corrected chi connectivity index (χ3v) is 4.53. The lowest BCUT2D eigenvalue weighted by molar-refractivity contribution is -0.116. The Morgan fingerprint density at radius 1 is 1.60 bits per heavy atom. The minimum Gasteiger partial charge on any atom is -0.300 e. The normalized spacial score (nSPS) is 41.4. The monoisotopic (exact) mass is 206 g/mol. The first-order valence-electron chi connectivity index (χ1n) is 6.23. The van der Waals surface area contributed by atoms with Crippen molar-refractivity contribution >= 4 is 5.78 Å². The molecule has 1 nitrogen and oxygen atoms in total. The number of hydrogen-bond donors (Lipinski definition) is 0.